The summed E-state index contributed by atoms with van der Waals surface area (Å²) in [5, 5.41) is 0. The van der Waals surface area contributed by atoms with Gasteiger partial charge in [0, 0.05) is 13.1 Å². The normalized spacial score (nSPS) is 20.7. The van der Waals surface area contributed by atoms with Gasteiger partial charge >= 0.3 is 0 Å². The van der Waals surface area contributed by atoms with Crippen molar-refractivity contribution in [3.05, 3.63) is 23.3 Å². The molecule has 1 nitrogen and oxygen atoms in total. The van der Waals surface area contributed by atoms with E-state index < -0.39 is 0 Å². The van der Waals surface area contributed by atoms with E-state index in [9.17, 15) is 0 Å². The minimum Gasteiger partial charge on any atom is -0.302 e. The molecule has 0 aliphatic carbocycles. The second-order valence-corrected chi connectivity index (χ2v) is 4.19. The Hall–Kier alpha value is -0.560. The van der Waals surface area contributed by atoms with Crippen molar-refractivity contribution in [3.63, 3.8) is 0 Å². The van der Waals surface area contributed by atoms with Crippen LogP contribution >= 0.6 is 0 Å². The van der Waals surface area contributed by atoms with E-state index in [1.54, 1.807) is 11.1 Å². The van der Waals surface area contributed by atoms with Crippen molar-refractivity contribution < 1.29 is 0 Å². The summed E-state index contributed by atoms with van der Waals surface area (Å²) in [4.78, 5) is 2.41. The fourth-order valence-corrected chi connectivity index (χ4v) is 1.89. The lowest BCUT2D eigenvalue weighted by Crippen LogP contribution is -2.29. The maximum absolute atomic E-state index is 2.41. The van der Waals surface area contributed by atoms with E-state index in [2.05, 4.69) is 44.9 Å². The second kappa shape index (κ2) is 4.61. The van der Waals surface area contributed by atoms with Gasteiger partial charge in [-0.05, 0) is 31.9 Å². The lowest BCUT2D eigenvalue weighted by molar-refractivity contribution is 0.337. The molecule has 0 aromatic heterocycles. The van der Waals surface area contributed by atoms with Crippen molar-refractivity contribution in [1.29, 1.82) is 0 Å². The molecular formula is C12H21N. The molecule has 1 heterocycles. The van der Waals surface area contributed by atoms with Gasteiger partial charge in [-0.1, -0.05) is 31.6 Å². The minimum atomic E-state index is 0.689. The number of rotatable bonds is 2. The fraction of sp³-hybridized carbons (Fsp3) is 0.667. The summed E-state index contributed by atoms with van der Waals surface area (Å²) in [6, 6.07) is 0. The van der Waals surface area contributed by atoms with Crippen LogP contribution in [-0.2, 0) is 0 Å². The highest BCUT2D eigenvalue weighted by atomic mass is 15.1. The van der Waals surface area contributed by atoms with E-state index in [0.29, 0.717) is 5.92 Å². The smallest absolute Gasteiger partial charge is 0.0198 e. The summed E-state index contributed by atoms with van der Waals surface area (Å²) < 4.78 is 0. The summed E-state index contributed by atoms with van der Waals surface area (Å²) >= 11 is 0. The highest BCUT2D eigenvalue weighted by Crippen LogP contribution is 2.23. The van der Waals surface area contributed by atoms with Gasteiger partial charge in [0.2, 0.25) is 0 Å². The van der Waals surface area contributed by atoms with Crippen molar-refractivity contribution in [1.82, 2.24) is 4.90 Å². The van der Waals surface area contributed by atoms with Crippen molar-refractivity contribution in [3.8, 4) is 0 Å². The minimum absolute atomic E-state index is 0.689. The molecule has 0 unspecified atom stereocenters. The predicted octanol–water partition coefficient (Wildman–Crippen LogP) is 2.85. The van der Waals surface area contributed by atoms with Gasteiger partial charge in [0.05, 0.1) is 0 Å². The quantitative estimate of drug-likeness (QED) is 0.630. The topological polar surface area (TPSA) is 3.24 Å². The van der Waals surface area contributed by atoms with Crippen LogP contribution in [0, 0.1) is 5.92 Å². The van der Waals surface area contributed by atoms with Gasteiger partial charge in [-0.2, -0.15) is 0 Å². The Labute approximate surface area is 82.1 Å². The van der Waals surface area contributed by atoms with Crippen LogP contribution in [0.15, 0.2) is 23.3 Å². The molecule has 1 aliphatic rings. The molecule has 0 N–H and O–H groups in total. The maximum atomic E-state index is 2.41. The van der Waals surface area contributed by atoms with Crippen molar-refractivity contribution in [2.75, 3.05) is 20.1 Å². The second-order valence-electron chi connectivity index (χ2n) is 4.19. The molecule has 0 saturated carbocycles. The van der Waals surface area contributed by atoms with Gasteiger partial charge in [-0.25, -0.2) is 0 Å². The van der Waals surface area contributed by atoms with E-state index in [0.717, 1.165) is 6.54 Å². The van der Waals surface area contributed by atoms with Crippen LogP contribution in [0.5, 0.6) is 0 Å². The van der Waals surface area contributed by atoms with Gasteiger partial charge in [-0.3, -0.25) is 0 Å². The zero-order valence-electron chi connectivity index (χ0n) is 9.30. The summed E-state index contributed by atoms with van der Waals surface area (Å²) in [6.07, 6.45) is 5.65. The number of nitrogens with zero attached hydrogens (tertiary/aromatic N) is 1. The number of hydrogen-bond acceptors (Lipinski definition) is 1. The number of likely N-dealkylation sites (N-methyl/N-ethyl adjacent to an activating group) is 1. The molecule has 1 rings (SSSR count). The Morgan fingerprint density at radius 2 is 2.08 bits per heavy atom. The Balaban J connectivity index is 2.87. The molecule has 0 atom stereocenters. The molecule has 74 valence electrons. The molecule has 0 saturated heterocycles. The monoisotopic (exact) mass is 179 g/mol. The Morgan fingerprint density at radius 1 is 1.38 bits per heavy atom. The van der Waals surface area contributed by atoms with E-state index in [1.807, 2.05) is 0 Å². The lowest BCUT2D eigenvalue weighted by Gasteiger charge is -2.28. The fourth-order valence-electron chi connectivity index (χ4n) is 1.89. The van der Waals surface area contributed by atoms with Crippen LogP contribution in [-0.4, -0.2) is 25.0 Å². The van der Waals surface area contributed by atoms with Crippen LogP contribution in [0.2, 0.25) is 0 Å². The molecular weight excluding hydrogens is 158 g/mol. The molecule has 0 aromatic carbocycles. The van der Waals surface area contributed by atoms with E-state index >= 15 is 0 Å². The van der Waals surface area contributed by atoms with Gasteiger partial charge in [0.1, 0.15) is 0 Å². The van der Waals surface area contributed by atoms with Crippen LogP contribution in [0.25, 0.3) is 0 Å². The van der Waals surface area contributed by atoms with Crippen LogP contribution in [0.3, 0.4) is 0 Å². The van der Waals surface area contributed by atoms with Crippen molar-refractivity contribution in [2.45, 2.75) is 27.2 Å². The van der Waals surface area contributed by atoms with E-state index in [-0.39, 0.29) is 0 Å². The molecule has 0 amide bonds. The molecule has 0 bridgehead atoms. The first kappa shape index (κ1) is 10.5. The third kappa shape index (κ3) is 2.70. The van der Waals surface area contributed by atoms with Crippen LogP contribution in [0.4, 0.5) is 0 Å². The molecule has 0 radical (unpaired) electrons. The number of allylic oxidation sites excluding steroid dienone is 2. The predicted molar refractivity (Wildman–Crippen MR) is 58.8 cm³/mol. The molecule has 1 heteroatoms. The van der Waals surface area contributed by atoms with Crippen molar-refractivity contribution in [2.24, 2.45) is 5.92 Å². The summed E-state index contributed by atoms with van der Waals surface area (Å²) in [5.74, 6) is 0.689. The van der Waals surface area contributed by atoms with Gasteiger partial charge in [0.25, 0.3) is 0 Å². The summed E-state index contributed by atoms with van der Waals surface area (Å²) in [7, 11) is 2.20. The molecule has 0 fully saturated rings. The maximum Gasteiger partial charge on any atom is 0.0198 e. The zero-order valence-corrected chi connectivity index (χ0v) is 9.30. The van der Waals surface area contributed by atoms with E-state index in [4.69, 9.17) is 0 Å². The Morgan fingerprint density at radius 3 is 2.62 bits per heavy atom. The molecule has 0 aromatic rings. The van der Waals surface area contributed by atoms with Gasteiger partial charge < -0.3 is 4.90 Å². The van der Waals surface area contributed by atoms with Gasteiger partial charge in [0.15, 0.2) is 0 Å². The first-order valence-electron chi connectivity index (χ1n) is 5.18. The van der Waals surface area contributed by atoms with Crippen LogP contribution < -0.4 is 0 Å². The SMILES string of the molecule is C/C=C/C1=C(C(C)C)CN(C)CC1. The zero-order chi connectivity index (χ0) is 9.84. The third-order valence-corrected chi connectivity index (χ3v) is 2.68. The highest BCUT2D eigenvalue weighted by Gasteiger charge is 2.16. The average Bonchev–Trinajstić information content (AvgIpc) is 2.08. The van der Waals surface area contributed by atoms with Crippen molar-refractivity contribution >= 4 is 0 Å². The van der Waals surface area contributed by atoms with Gasteiger partial charge in [-0.15, -0.1) is 0 Å². The van der Waals surface area contributed by atoms with Crippen LogP contribution in [0.1, 0.15) is 27.2 Å². The van der Waals surface area contributed by atoms with E-state index in [1.165, 1.54) is 13.0 Å². The standard InChI is InChI=1S/C12H21N/c1-5-6-11-7-8-13(4)9-12(11)10(2)3/h5-6,10H,7-9H2,1-4H3/b6-5+. The largest absolute Gasteiger partial charge is 0.302 e. The molecule has 1 aliphatic heterocycles. The molecule has 13 heavy (non-hydrogen) atoms. The third-order valence-electron chi connectivity index (χ3n) is 2.68. The summed E-state index contributed by atoms with van der Waals surface area (Å²) in [6.45, 7) is 9.03. The lowest BCUT2D eigenvalue weighted by atomic mass is 9.91. The number of hydrogen-bond donors (Lipinski definition) is 0. The first-order valence-corrected chi connectivity index (χ1v) is 5.18. The molecule has 0 spiro atoms. The highest BCUT2D eigenvalue weighted by molar-refractivity contribution is 5.29. The summed E-state index contributed by atoms with van der Waals surface area (Å²) in [5.41, 5.74) is 3.18. The Kier molecular flexibility index (Phi) is 3.73. The average molecular weight is 179 g/mol. The first-order chi connectivity index (χ1) is 6.15. The Bertz CT molecular complexity index is 223.